The van der Waals surface area contributed by atoms with Crippen molar-refractivity contribution >= 4 is 50.0 Å². The van der Waals surface area contributed by atoms with E-state index in [2.05, 4.69) is 31.6 Å². The van der Waals surface area contributed by atoms with E-state index in [0.717, 1.165) is 17.5 Å². The van der Waals surface area contributed by atoms with Crippen LogP contribution in [0.4, 0.5) is 29.3 Å². The zero-order chi connectivity index (χ0) is 21.9. The molecule has 0 saturated heterocycles. The van der Waals surface area contributed by atoms with E-state index in [1.807, 2.05) is 0 Å². The van der Waals surface area contributed by atoms with Crippen LogP contribution >= 0.6 is 15.9 Å². The summed E-state index contributed by atoms with van der Waals surface area (Å²) in [4.78, 5) is 15.4. The molecule has 2 amide bonds. The molecule has 3 rings (SSSR count). The zero-order valence-electron chi connectivity index (χ0n) is 15.6. The smallest absolute Gasteiger partial charge is 0.416 e. The molecule has 0 fully saturated rings. The highest BCUT2D eigenvalue weighted by molar-refractivity contribution is 9.12. The second kappa shape index (κ2) is 8.62. The van der Waals surface area contributed by atoms with Crippen molar-refractivity contribution in [2.75, 3.05) is 17.7 Å². The summed E-state index contributed by atoms with van der Waals surface area (Å²) in [6.07, 6.45) is -1.55. The topological polar surface area (TPSA) is 94.3 Å². The van der Waals surface area contributed by atoms with Gasteiger partial charge in [-0.2, -0.15) is 13.2 Å². The van der Waals surface area contributed by atoms with E-state index in [9.17, 15) is 18.0 Å². The molecule has 3 aromatic rings. The van der Waals surface area contributed by atoms with Gasteiger partial charge >= 0.3 is 12.2 Å². The van der Waals surface area contributed by atoms with E-state index in [1.54, 1.807) is 25.2 Å². The summed E-state index contributed by atoms with van der Waals surface area (Å²) in [6, 6.07) is 8.70. The molecule has 6 nitrogen and oxygen atoms in total. The highest BCUT2D eigenvalue weighted by Gasteiger charge is 2.30. The molecule has 0 atom stereocenters. The molecule has 0 unspecified atom stereocenters. The molecular formula is C20H17BrF3N4O2+. The molecule has 0 spiro atoms. The van der Waals surface area contributed by atoms with Gasteiger partial charge in [-0.25, -0.2) is 9.79 Å². The molecule has 1 heterocycles. The third-order valence-corrected chi connectivity index (χ3v) is 4.84. The predicted molar refractivity (Wildman–Crippen MR) is 112 cm³/mol. The molecule has 2 aromatic carbocycles. The second-order valence-corrected chi connectivity index (χ2v) is 7.01. The molecule has 10 heteroatoms. The average Bonchev–Trinajstić information content (AvgIpc) is 3.16. The Kier molecular flexibility index (Phi) is 6.16. The monoisotopic (exact) mass is 481 g/mol. The van der Waals surface area contributed by atoms with Gasteiger partial charge in [0.05, 0.1) is 17.4 Å². The first kappa shape index (κ1) is 21.4. The largest absolute Gasteiger partial charge is 0.463 e. The van der Waals surface area contributed by atoms with Crippen LogP contribution in [-0.4, -0.2) is 18.8 Å². The van der Waals surface area contributed by atoms with Crippen LogP contribution in [0.15, 0.2) is 63.8 Å². The van der Waals surface area contributed by atoms with Crippen molar-refractivity contribution in [1.82, 2.24) is 0 Å². The quantitative estimate of drug-likeness (QED) is 0.427. The highest BCUT2D eigenvalue weighted by Crippen LogP contribution is 2.30. The van der Waals surface area contributed by atoms with Crippen molar-refractivity contribution < 1.29 is 27.4 Å². The Balaban J connectivity index is 1.84. The summed E-state index contributed by atoms with van der Waals surface area (Å²) in [5, 5.41) is 5.91. The van der Waals surface area contributed by atoms with Crippen LogP contribution in [0.25, 0.3) is 11.0 Å². The van der Waals surface area contributed by atoms with Crippen LogP contribution in [0.3, 0.4) is 0 Å². The number of hydrogen-bond donors (Lipinski definition) is 4. The molecule has 0 bridgehead atoms. The Hall–Kier alpha value is -3.27. The van der Waals surface area contributed by atoms with E-state index in [-0.39, 0.29) is 5.69 Å². The lowest BCUT2D eigenvalue weighted by molar-refractivity contribution is -0.418. The fraction of sp³-hybridized carbons (Fsp3) is 0.100. The number of hydrogen-bond acceptors (Lipinski definition) is 3. The molecule has 0 aliphatic carbocycles. The predicted octanol–water partition coefficient (Wildman–Crippen LogP) is 3.79. The number of carbonyl (C=O) groups excluding carboxylic acids is 1. The van der Waals surface area contributed by atoms with Gasteiger partial charge in [-0.3, -0.25) is 0 Å². The summed E-state index contributed by atoms with van der Waals surface area (Å²) < 4.78 is 44.1. The number of amides is 2. The fourth-order valence-electron chi connectivity index (χ4n) is 2.84. The van der Waals surface area contributed by atoms with Crippen molar-refractivity contribution in [2.45, 2.75) is 6.18 Å². The van der Waals surface area contributed by atoms with Gasteiger partial charge in [-0.05, 0) is 58.4 Å². The molecule has 1 aromatic heterocycles. The number of benzene rings is 2. The van der Waals surface area contributed by atoms with Crippen LogP contribution in [-0.2, 0) is 6.18 Å². The molecule has 5 N–H and O–H groups in total. The van der Waals surface area contributed by atoms with Gasteiger partial charge in [0.1, 0.15) is 17.1 Å². The van der Waals surface area contributed by atoms with Crippen molar-refractivity contribution in [1.29, 1.82) is 0 Å². The van der Waals surface area contributed by atoms with Crippen molar-refractivity contribution in [3.8, 4) is 0 Å². The molecular weight excluding hydrogens is 465 g/mol. The minimum Gasteiger partial charge on any atom is -0.463 e. The first-order chi connectivity index (χ1) is 14.2. The number of nitrogens with one attached hydrogen (secondary N) is 3. The summed E-state index contributed by atoms with van der Waals surface area (Å²) in [7, 11) is 1.71. The van der Waals surface area contributed by atoms with Crippen molar-refractivity contribution in [2.24, 2.45) is 5.73 Å². The first-order valence-electron chi connectivity index (χ1n) is 8.62. The number of halogens is 4. The SMILES string of the molecule is C[NH+]=C(C(Br)=CN)c1cc(NC(=O)Nc2ccc(C(F)(F)F)cc2)cc2ccoc12. The van der Waals surface area contributed by atoms with Crippen LogP contribution < -0.4 is 21.4 Å². The Labute approximate surface area is 177 Å². The maximum Gasteiger partial charge on any atom is 0.416 e. The third-order valence-electron chi connectivity index (χ3n) is 4.18. The maximum absolute atomic E-state index is 12.7. The van der Waals surface area contributed by atoms with Gasteiger partial charge in [0, 0.05) is 23.0 Å². The Morgan fingerprint density at radius 3 is 2.40 bits per heavy atom. The first-order valence-corrected chi connectivity index (χ1v) is 9.41. The highest BCUT2D eigenvalue weighted by atomic mass is 79.9. The number of rotatable bonds is 4. The molecule has 156 valence electrons. The van der Waals surface area contributed by atoms with Crippen LogP contribution in [0, 0.1) is 0 Å². The lowest BCUT2D eigenvalue weighted by Crippen LogP contribution is -2.68. The Morgan fingerprint density at radius 2 is 1.80 bits per heavy atom. The van der Waals surface area contributed by atoms with E-state index < -0.39 is 17.8 Å². The lowest BCUT2D eigenvalue weighted by Gasteiger charge is -2.11. The Morgan fingerprint density at radius 1 is 1.13 bits per heavy atom. The van der Waals surface area contributed by atoms with Gasteiger partial charge in [-0.1, -0.05) is 0 Å². The van der Waals surface area contributed by atoms with E-state index in [1.165, 1.54) is 24.6 Å². The Bertz CT molecular complexity index is 1140. The van der Waals surface area contributed by atoms with Crippen LogP contribution in [0.1, 0.15) is 11.1 Å². The number of allylic oxidation sites excluding steroid dienone is 1. The minimum atomic E-state index is -4.44. The summed E-state index contributed by atoms with van der Waals surface area (Å²) in [5.74, 6) is 0. The van der Waals surface area contributed by atoms with Gasteiger partial charge in [0.25, 0.3) is 0 Å². The van der Waals surface area contributed by atoms with Gasteiger partial charge < -0.3 is 20.8 Å². The van der Waals surface area contributed by atoms with Gasteiger partial charge in [-0.15, -0.1) is 0 Å². The summed E-state index contributed by atoms with van der Waals surface area (Å²) in [6.45, 7) is 0. The fourth-order valence-corrected chi connectivity index (χ4v) is 3.25. The number of alkyl halides is 3. The molecule has 30 heavy (non-hydrogen) atoms. The third kappa shape index (κ3) is 4.65. The maximum atomic E-state index is 12.7. The average molecular weight is 482 g/mol. The minimum absolute atomic E-state index is 0.224. The normalized spacial score (nSPS) is 12.8. The number of fused-ring (bicyclic) bond motifs is 1. The van der Waals surface area contributed by atoms with E-state index in [4.69, 9.17) is 10.2 Å². The zero-order valence-corrected chi connectivity index (χ0v) is 17.2. The summed E-state index contributed by atoms with van der Waals surface area (Å²) >= 11 is 3.37. The molecule has 0 saturated carbocycles. The number of nitrogens with two attached hydrogens (primary N) is 1. The number of furan rings is 1. The van der Waals surface area contributed by atoms with Crippen LogP contribution in [0.5, 0.6) is 0 Å². The summed E-state index contributed by atoms with van der Waals surface area (Å²) in [5.41, 5.74) is 7.36. The van der Waals surface area contributed by atoms with Crippen molar-refractivity contribution in [3.63, 3.8) is 0 Å². The van der Waals surface area contributed by atoms with E-state index >= 15 is 0 Å². The number of carbonyl (C=O) groups is 1. The van der Waals surface area contributed by atoms with Gasteiger partial charge in [0.2, 0.25) is 5.71 Å². The number of urea groups is 1. The molecule has 0 radical (unpaired) electrons. The molecule has 0 aliphatic heterocycles. The standard InChI is InChI=1S/C20H16BrF3N4O2/c1-26-17(16(21)10-25)15-9-14(8-11-6-7-30-18(11)15)28-19(29)27-13-4-2-12(3-5-13)20(22,23)24/h2-10H,25H2,1H3,(H2,27,28,29)/p+1. The van der Waals surface area contributed by atoms with Gasteiger partial charge in [0.15, 0.2) is 0 Å². The van der Waals surface area contributed by atoms with Crippen LogP contribution in [0.2, 0.25) is 0 Å². The van der Waals surface area contributed by atoms with E-state index in [0.29, 0.717) is 27.0 Å². The number of anilines is 2. The lowest BCUT2D eigenvalue weighted by atomic mass is 10.1. The molecule has 0 aliphatic rings. The second-order valence-electron chi connectivity index (χ2n) is 6.16. The van der Waals surface area contributed by atoms with Crippen molar-refractivity contribution in [3.05, 3.63) is 70.5 Å².